The zero-order valence-corrected chi connectivity index (χ0v) is 10.2. The van der Waals surface area contributed by atoms with Crippen molar-refractivity contribution in [1.82, 2.24) is 4.90 Å². The van der Waals surface area contributed by atoms with Crippen molar-refractivity contribution in [3.63, 3.8) is 0 Å². The highest BCUT2D eigenvalue weighted by atomic mass is 19.4. The fourth-order valence-electron chi connectivity index (χ4n) is 2.30. The molecule has 1 aliphatic rings. The number of benzene rings is 1. The number of carbonyl (C=O) groups is 2. The van der Waals surface area contributed by atoms with Crippen LogP contribution in [0.3, 0.4) is 0 Å². The lowest BCUT2D eigenvalue weighted by atomic mass is 9.91. The fraction of sp³-hybridized carbons (Fsp3) is 0.333. The summed E-state index contributed by atoms with van der Waals surface area (Å²) < 4.78 is 64.1. The third kappa shape index (κ3) is 2.55. The lowest BCUT2D eigenvalue weighted by Crippen LogP contribution is -2.49. The monoisotopic (exact) mass is 309 g/mol. The number of alkyl halides is 3. The maximum Gasteiger partial charge on any atom is 0.471 e. The maximum absolute atomic E-state index is 13.6. The normalized spacial score (nSPS) is 18.3. The maximum atomic E-state index is 13.6. The van der Waals surface area contributed by atoms with Crippen LogP contribution in [0.15, 0.2) is 12.1 Å². The lowest BCUT2D eigenvalue weighted by molar-refractivity contribution is -0.190. The number of halogens is 5. The van der Waals surface area contributed by atoms with E-state index in [0.29, 0.717) is 6.07 Å². The highest BCUT2D eigenvalue weighted by Crippen LogP contribution is 2.35. The number of nitrogens with zero attached hydrogens (tertiary/aromatic N) is 1. The summed E-state index contributed by atoms with van der Waals surface area (Å²) in [4.78, 5) is 22.5. The van der Waals surface area contributed by atoms with Crippen LogP contribution in [0.1, 0.15) is 17.2 Å². The second kappa shape index (κ2) is 4.97. The van der Waals surface area contributed by atoms with E-state index in [2.05, 4.69) is 0 Å². The van der Waals surface area contributed by atoms with Crippen LogP contribution < -0.4 is 0 Å². The van der Waals surface area contributed by atoms with Crippen LogP contribution in [-0.4, -0.2) is 34.6 Å². The lowest BCUT2D eigenvalue weighted by Gasteiger charge is -2.35. The van der Waals surface area contributed by atoms with E-state index in [1.807, 2.05) is 0 Å². The Kier molecular flexibility index (Phi) is 3.60. The minimum atomic E-state index is -5.25. The van der Waals surface area contributed by atoms with Gasteiger partial charge in [0.05, 0.1) is 0 Å². The molecule has 1 amide bonds. The molecule has 1 atom stereocenters. The number of carbonyl (C=O) groups excluding carboxylic acids is 1. The molecule has 21 heavy (non-hydrogen) atoms. The molecule has 1 aliphatic heterocycles. The fourth-order valence-corrected chi connectivity index (χ4v) is 2.30. The molecule has 2 rings (SSSR count). The molecular formula is C12H8F5NO3. The molecule has 0 saturated carbocycles. The smallest absolute Gasteiger partial charge is 0.471 e. The molecule has 0 fully saturated rings. The largest absolute Gasteiger partial charge is 0.479 e. The van der Waals surface area contributed by atoms with Gasteiger partial charge in [-0.15, -0.1) is 0 Å². The van der Waals surface area contributed by atoms with E-state index in [1.165, 1.54) is 0 Å². The van der Waals surface area contributed by atoms with Crippen LogP contribution in [0.4, 0.5) is 22.0 Å². The summed E-state index contributed by atoms with van der Waals surface area (Å²) in [6.45, 7) is -0.664. The number of fused-ring (bicyclic) bond motifs is 1. The van der Waals surface area contributed by atoms with E-state index in [4.69, 9.17) is 5.11 Å². The first-order valence-electron chi connectivity index (χ1n) is 5.72. The molecule has 9 heteroatoms. The summed E-state index contributed by atoms with van der Waals surface area (Å²) in [6.07, 6.45) is -5.64. The Morgan fingerprint density at radius 1 is 1.24 bits per heavy atom. The van der Waals surface area contributed by atoms with Gasteiger partial charge in [-0.2, -0.15) is 13.2 Å². The molecule has 0 radical (unpaired) electrons. The Morgan fingerprint density at radius 2 is 1.86 bits per heavy atom. The molecule has 0 saturated heterocycles. The number of carboxylic acid groups (broad SMARTS) is 1. The Morgan fingerprint density at radius 3 is 2.38 bits per heavy atom. The third-order valence-corrected chi connectivity index (χ3v) is 3.18. The van der Waals surface area contributed by atoms with Crippen molar-refractivity contribution in [3.8, 4) is 0 Å². The van der Waals surface area contributed by atoms with Gasteiger partial charge in [0.2, 0.25) is 0 Å². The average Bonchev–Trinajstić information content (AvgIpc) is 2.39. The summed E-state index contributed by atoms with van der Waals surface area (Å²) in [5.41, 5.74) is -0.682. The molecule has 0 spiro atoms. The average molecular weight is 309 g/mol. The molecule has 114 valence electrons. The minimum absolute atomic E-state index is 0.0992. The van der Waals surface area contributed by atoms with Gasteiger partial charge in [0.25, 0.3) is 0 Å². The van der Waals surface area contributed by atoms with Gasteiger partial charge in [0.15, 0.2) is 17.7 Å². The Balaban J connectivity index is 2.53. The van der Waals surface area contributed by atoms with Gasteiger partial charge in [-0.3, -0.25) is 4.79 Å². The number of hydrogen-bond acceptors (Lipinski definition) is 2. The number of hydrogen-bond donors (Lipinski definition) is 1. The van der Waals surface area contributed by atoms with Crippen LogP contribution in [0, 0.1) is 11.6 Å². The van der Waals surface area contributed by atoms with Gasteiger partial charge in [-0.25, -0.2) is 13.6 Å². The zero-order valence-electron chi connectivity index (χ0n) is 10.2. The van der Waals surface area contributed by atoms with E-state index in [1.54, 1.807) is 0 Å². The molecular weight excluding hydrogens is 301 g/mol. The van der Waals surface area contributed by atoms with Crippen molar-refractivity contribution in [2.75, 3.05) is 6.54 Å². The summed E-state index contributed by atoms with van der Waals surface area (Å²) in [5.74, 6) is -6.61. The first-order chi connectivity index (χ1) is 9.64. The van der Waals surface area contributed by atoms with Crippen molar-refractivity contribution in [2.45, 2.75) is 18.6 Å². The van der Waals surface area contributed by atoms with Crippen molar-refractivity contribution >= 4 is 11.9 Å². The van der Waals surface area contributed by atoms with Gasteiger partial charge in [0, 0.05) is 6.54 Å². The molecule has 1 unspecified atom stereocenters. The number of carboxylic acids is 1. The van der Waals surface area contributed by atoms with Crippen LogP contribution >= 0.6 is 0 Å². The van der Waals surface area contributed by atoms with Crippen LogP contribution in [0.5, 0.6) is 0 Å². The van der Waals surface area contributed by atoms with Crippen molar-refractivity contribution < 1.29 is 36.6 Å². The molecule has 4 nitrogen and oxygen atoms in total. The molecule has 1 N–H and O–H groups in total. The van der Waals surface area contributed by atoms with Crippen molar-refractivity contribution in [1.29, 1.82) is 0 Å². The molecule has 1 aromatic carbocycles. The second-order valence-corrected chi connectivity index (χ2v) is 4.42. The molecule has 0 bridgehead atoms. The van der Waals surface area contributed by atoms with Crippen molar-refractivity contribution in [2.24, 2.45) is 0 Å². The summed E-state index contributed by atoms with van der Waals surface area (Å²) in [6, 6.07) is -0.508. The van der Waals surface area contributed by atoms with Gasteiger partial charge >= 0.3 is 18.1 Å². The van der Waals surface area contributed by atoms with E-state index in [-0.39, 0.29) is 16.0 Å². The summed E-state index contributed by atoms with van der Waals surface area (Å²) in [7, 11) is 0. The SMILES string of the molecule is O=C(O)C1c2ccc(F)c(F)c2CCN1C(=O)C(F)(F)F. The number of rotatable bonds is 1. The third-order valence-electron chi connectivity index (χ3n) is 3.18. The summed E-state index contributed by atoms with van der Waals surface area (Å²) in [5, 5.41) is 9.05. The van der Waals surface area contributed by atoms with E-state index >= 15 is 0 Å². The second-order valence-electron chi connectivity index (χ2n) is 4.42. The van der Waals surface area contributed by atoms with E-state index in [0.717, 1.165) is 6.07 Å². The molecule has 1 heterocycles. The van der Waals surface area contributed by atoms with Crippen LogP contribution in [-0.2, 0) is 16.0 Å². The highest BCUT2D eigenvalue weighted by Gasteiger charge is 2.48. The standard InChI is InChI=1S/C12H8F5NO3/c13-7-2-1-6-5(8(7)14)3-4-18(9(6)10(19)20)11(21)12(15,16)17/h1-2,9H,3-4H2,(H,19,20). The molecule has 0 aromatic heterocycles. The van der Waals surface area contributed by atoms with Crippen LogP contribution in [0.25, 0.3) is 0 Å². The quantitative estimate of drug-likeness (QED) is 0.808. The Labute approximate surface area is 114 Å². The Hall–Kier alpha value is -2.19. The van der Waals surface area contributed by atoms with Crippen LogP contribution in [0.2, 0.25) is 0 Å². The van der Waals surface area contributed by atoms with E-state index < -0.39 is 48.7 Å². The first kappa shape index (κ1) is 15.2. The van der Waals surface area contributed by atoms with Gasteiger partial charge in [0.1, 0.15) is 0 Å². The van der Waals surface area contributed by atoms with Gasteiger partial charge < -0.3 is 10.0 Å². The highest BCUT2D eigenvalue weighted by molar-refractivity contribution is 5.88. The zero-order chi connectivity index (χ0) is 15.9. The van der Waals surface area contributed by atoms with Gasteiger partial charge in [-0.05, 0) is 23.6 Å². The first-order valence-corrected chi connectivity index (χ1v) is 5.72. The number of aliphatic carboxylic acids is 1. The minimum Gasteiger partial charge on any atom is -0.479 e. The Bertz CT molecular complexity index is 614. The van der Waals surface area contributed by atoms with Gasteiger partial charge in [-0.1, -0.05) is 6.07 Å². The summed E-state index contributed by atoms with van der Waals surface area (Å²) >= 11 is 0. The molecule has 1 aromatic rings. The number of amides is 1. The topological polar surface area (TPSA) is 57.6 Å². The molecule has 0 aliphatic carbocycles. The predicted molar refractivity (Wildman–Crippen MR) is 58.2 cm³/mol. The van der Waals surface area contributed by atoms with E-state index in [9.17, 15) is 31.5 Å². The van der Waals surface area contributed by atoms with Crippen molar-refractivity contribution in [3.05, 3.63) is 34.9 Å². The predicted octanol–water partition coefficient (Wildman–Crippen LogP) is 2.04.